The molecule has 6 aliphatic rings. The van der Waals surface area contributed by atoms with Crippen molar-refractivity contribution in [2.24, 2.45) is 34.5 Å². The molecule has 38 heavy (non-hydrogen) atoms. The van der Waals surface area contributed by atoms with Crippen LogP contribution in [0.25, 0.3) is 0 Å². The van der Waals surface area contributed by atoms with E-state index in [9.17, 15) is 10.2 Å². The molecule has 6 nitrogen and oxygen atoms in total. The number of nitrogens with zero attached hydrogens (tertiary/aromatic N) is 2. The van der Waals surface area contributed by atoms with Gasteiger partial charge in [0.15, 0.2) is 0 Å². The molecule has 4 aliphatic carbocycles. The van der Waals surface area contributed by atoms with Crippen LogP contribution in [0.15, 0.2) is 0 Å². The van der Waals surface area contributed by atoms with Crippen LogP contribution in [0, 0.1) is 49.4 Å². The first kappa shape index (κ1) is 37.0. The van der Waals surface area contributed by atoms with Gasteiger partial charge in [0.25, 0.3) is 0 Å². The number of morpholine rings is 2. The number of aliphatic hydroxyl groups is 1. The maximum atomic E-state index is 12.8. The molecule has 2 aliphatic heterocycles. The summed E-state index contributed by atoms with van der Waals surface area (Å²) >= 11 is 0. The van der Waals surface area contributed by atoms with Gasteiger partial charge in [-0.05, 0) is 60.7 Å². The van der Waals surface area contributed by atoms with E-state index in [4.69, 9.17) is 9.47 Å². The van der Waals surface area contributed by atoms with Crippen molar-refractivity contribution in [3.63, 3.8) is 0 Å². The Balaban J connectivity index is 0.000000344. The van der Waals surface area contributed by atoms with Crippen molar-refractivity contribution in [3.05, 3.63) is 14.9 Å². The van der Waals surface area contributed by atoms with Crippen molar-refractivity contribution < 1.29 is 38.5 Å². The van der Waals surface area contributed by atoms with E-state index in [0.29, 0.717) is 22.8 Å². The molecule has 0 spiro atoms. The van der Waals surface area contributed by atoms with Crippen molar-refractivity contribution >= 4 is 18.9 Å². The van der Waals surface area contributed by atoms with Crippen LogP contribution >= 0.6 is 0 Å². The van der Waals surface area contributed by atoms with Gasteiger partial charge in [0, 0.05) is 38.3 Å². The maximum absolute atomic E-state index is 12.8. The summed E-state index contributed by atoms with van der Waals surface area (Å²) in [6, 6.07) is 0.573. The smallest absolute Gasteiger partial charge is 1.00 e. The average Bonchev–Trinajstić information content (AvgIpc) is 3.52. The minimum Gasteiger partial charge on any atom is -1.00 e. The van der Waals surface area contributed by atoms with Crippen LogP contribution in [-0.2, 0) is 9.47 Å². The molecule has 8 atom stereocenters. The Hall–Kier alpha value is 0.955. The Bertz CT molecular complexity index is 689. The van der Waals surface area contributed by atoms with E-state index in [2.05, 4.69) is 37.5 Å². The van der Waals surface area contributed by atoms with Gasteiger partial charge in [-0.1, -0.05) is 41.0 Å². The third-order valence-electron chi connectivity index (χ3n) is 11.2. The van der Waals surface area contributed by atoms with Crippen LogP contribution in [0.5, 0.6) is 0 Å². The molecule has 0 aromatic rings. The van der Waals surface area contributed by atoms with E-state index in [1.807, 2.05) is 13.8 Å². The Labute approximate surface area is 258 Å². The Morgan fingerprint density at radius 3 is 1.47 bits per heavy atom. The van der Waals surface area contributed by atoms with Gasteiger partial charge < -0.3 is 53.4 Å². The zero-order valence-corrected chi connectivity index (χ0v) is 26.5. The molecule has 6 fully saturated rings. The SMILES string of the molecule is CC1(O)C[C@H]2[C@@H](CC1N1CCOCC1)C2(C)C.CC1([O-])C[C@H]2[C@@H](CC1N1CCOCC1)C2(C)C.[CH3-].[CH3-].[Li+].[Li-]. The Morgan fingerprint density at radius 1 is 0.658 bits per heavy atom. The van der Waals surface area contributed by atoms with Gasteiger partial charge in [-0.15, -0.1) is 5.60 Å². The summed E-state index contributed by atoms with van der Waals surface area (Å²) in [7, 11) is 0. The Morgan fingerprint density at radius 2 is 1.03 bits per heavy atom. The molecular formula is C30H55Li2N2O4-3. The maximum Gasteiger partial charge on any atom is 1.00 e. The van der Waals surface area contributed by atoms with Crippen molar-refractivity contribution in [1.82, 2.24) is 9.80 Å². The normalized spacial score (nSPS) is 44.5. The van der Waals surface area contributed by atoms with E-state index < -0.39 is 11.2 Å². The van der Waals surface area contributed by atoms with Crippen LogP contribution in [0.3, 0.4) is 0 Å². The number of hydrogen-bond donors (Lipinski definition) is 1. The van der Waals surface area contributed by atoms with Gasteiger partial charge in [-0.2, -0.15) is 0 Å². The molecule has 2 saturated heterocycles. The number of fused-ring (bicyclic) bond motifs is 2. The van der Waals surface area contributed by atoms with E-state index >= 15 is 0 Å². The molecule has 2 radical (unpaired) electrons. The summed E-state index contributed by atoms with van der Waals surface area (Å²) in [6.45, 7) is 20.5. The zero-order valence-electron chi connectivity index (χ0n) is 26.5. The molecule has 1 N–H and O–H groups in total. The third kappa shape index (κ3) is 6.94. The second kappa shape index (κ2) is 13.1. The predicted octanol–water partition coefficient (Wildman–Crippen LogP) is -0.0998. The molecule has 8 heteroatoms. The van der Waals surface area contributed by atoms with E-state index in [1.54, 1.807) is 0 Å². The summed E-state index contributed by atoms with van der Waals surface area (Å²) in [5.41, 5.74) is -0.379. The summed E-state index contributed by atoms with van der Waals surface area (Å²) < 4.78 is 10.8. The molecule has 0 aromatic heterocycles. The van der Waals surface area contributed by atoms with Crippen molar-refractivity contribution in [1.29, 1.82) is 0 Å². The minimum absolute atomic E-state index is 0. The molecule has 0 amide bonds. The Kier molecular flexibility index (Phi) is 12.7. The second-order valence-corrected chi connectivity index (χ2v) is 13.9. The van der Waals surface area contributed by atoms with Gasteiger partial charge in [0.05, 0.1) is 32.0 Å². The predicted molar refractivity (Wildman–Crippen MR) is 150 cm³/mol. The second-order valence-electron chi connectivity index (χ2n) is 13.9. The number of hydrogen-bond acceptors (Lipinski definition) is 6. The molecular weight excluding hydrogens is 466 g/mol. The van der Waals surface area contributed by atoms with Gasteiger partial charge in [0.1, 0.15) is 0 Å². The van der Waals surface area contributed by atoms with Gasteiger partial charge in [0.2, 0.25) is 0 Å². The first-order valence-corrected chi connectivity index (χ1v) is 13.9. The summed E-state index contributed by atoms with van der Waals surface area (Å²) in [4.78, 5) is 4.84. The van der Waals surface area contributed by atoms with E-state index in [1.165, 1.54) is 6.42 Å². The van der Waals surface area contributed by atoms with Crippen molar-refractivity contribution in [2.45, 2.75) is 90.5 Å². The van der Waals surface area contributed by atoms with Gasteiger partial charge >= 0.3 is 18.9 Å². The first-order valence-electron chi connectivity index (χ1n) is 13.9. The van der Waals surface area contributed by atoms with Crippen LogP contribution in [0.2, 0.25) is 0 Å². The monoisotopic (exact) mass is 521 g/mol. The average molecular weight is 522 g/mol. The third-order valence-corrected chi connectivity index (χ3v) is 11.2. The van der Waals surface area contributed by atoms with Crippen LogP contribution in [0.4, 0.5) is 0 Å². The first-order chi connectivity index (χ1) is 15.9. The van der Waals surface area contributed by atoms with Crippen molar-refractivity contribution in [3.8, 4) is 0 Å². The molecule has 4 unspecified atom stereocenters. The molecule has 0 bridgehead atoms. The number of rotatable bonds is 2. The van der Waals surface area contributed by atoms with Crippen LogP contribution in [0.1, 0.15) is 67.2 Å². The quantitative estimate of drug-likeness (QED) is 0.405. The van der Waals surface area contributed by atoms with Gasteiger partial charge in [-0.3, -0.25) is 9.80 Å². The van der Waals surface area contributed by atoms with E-state index in [0.717, 1.165) is 89.6 Å². The number of ether oxygens (including phenoxy) is 2. The summed E-state index contributed by atoms with van der Waals surface area (Å²) in [5.74, 6) is 3.05. The fraction of sp³-hybridized carbons (Fsp3) is 0.933. The summed E-state index contributed by atoms with van der Waals surface area (Å²) in [5, 5.41) is 23.5. The topological polar surface area (TPSA) is 68.2 Å². The van der Waals surface area contributed by atoms with Gasteiger partial charge in [-0.25, -0.2) is 0 Å². The van der Waals surface area contributed by atoms with E-state index in [-0.39, 0.29) is 58.6 Å². The van der Waals surface area contributed by atoms with Crippen LogP contribution < -0.4 is 24.0 Å². The molecule has 4 saturated carbocycles. The molecule has 214 valence electrons. The minimum atomic E-state index is -0.758. The molecule has 6 rings (SSSR count). The molecule has 0 aromatic carbocycles. The fourth-order valence-electron chi connectivity index (χ4n) is 8.46. The van der Waals surface area contributed by atoms with Crippen molar-refractivity contribution in [2.75, 3.05) is 52.6 Å². The summed E-state index contributed by atoms with van der Waals surface area (Å²) in [6.07, 6.45) is 4.13. The fourth-order valence-corrected chi connectivity index (χ4v) is 8.46. The standard InChI is InChI=1S/C14H25NO2.C14H24NO2.2CH3.2Li/c2*1-13(2)10-8-12(14(3,16)9-11(10)13)15-4-6-17-7-5-15;;;;/h10-12,16H,4-9H2,1-3H3;10-12H,4-9H2,1-3H3;2*1H3;;/q;4*-1;+1/t2*10-,11+,12?,14?;;;;/m11..../s1. The largest absolute Gasteiger partial charge is 1.00 e. The molecule has 2 heterocycles. The van der Waals surface area contributed by atoms with Crippen LogP contribution in [-0.4, -0.2) is 110 Å². The zero-order chi connectivity index (χ0) is 24.5.